The van der Waals surface area contributed by atoms with Crippen LogP contribution in [0.15, 0.2) is 0 Å². The molecule has 0 aromatic carbocycles. The molecule has 0 aromatic rings. The van der Waals surface area contributed by atoms with E-state index in [9.17, 15) is 4.79 Å². The summed E-state index contributed by atoms with van der Waals surface area (Å²) in [5.41, 5.74) is 0. The second-order valence-corrected chi connectivity index (χ2v) is 4.68. The van der Waals surface area contributed by atoms with Gasteiger partial charge in [-0.05, 0) is 37.5 Å². The molecule has 0 heterocycles. The highest BCUT2D eigenvalue weighted by atomic mass is 16.2. The molecule has 2 amide bonds. The van der Waals surface area contributed by atoms with Gasteiger partial charge in [0, 0.05) is 12.6 Å². The lowest BCUT2D eigenvalue weighted by Crippen LogP contribution is -2.44. The second kappa shape index (κ2) is 4.20. The third kappa shape index (κ3) is 2.02. The van der Waals surface area contributed by atoms with Crippen LogP contribution in [0.1, 0.15) is 39.0 Å². The summed E-state index contributed by atoms with van der Waals surface area (Å²) in [4.78, 5) is 11.4. The first-order valence-corrected chi connectivity index (χ1v) is 5.84. The van der Waals surface area contributed by atoms with E-state index in [0.29, 0.717) is 6.04 Å². The van der Waals surface area contributed by atoms with Gasteiger partial charge in [0.25, 0.3) is 0 Å². The fourth-order valence-electron chi connectivity index (χ4n) is 2.88. The zero-order valence-electron chi connectivity index (χ0n) is 8.88. The van der Waals surface area contributed by atoms with Crippen LogP contribution in [0.5, 0.6) is 0 Å². The van der Waals surface area contributed by atoms with Crippen molar-refractivity contribution in [1.82, 2.24) is 10.6 Å². The molecule has 2 aliphatic carbocycles. The van der Waals surface area contributed by atoms with Gasteiger partial charge in [0.2, 0.25) is 0 Å². The number of fused-ring (bicyclic) bond motifs is 2. The van der Waals surface area contributed by atoms with Crippen LogP contribution >= 0.6 is 0 Å². The molecule has 3 heteroatoms. The van der Waals surface area contributed by atoms with E-state index in [0.717, 1.165) is 24.8 Å². The number of carbonyl (C=O) groups excluding carboxylic acids is 1. The van der Waals surface area contributed by atoms with Crippen LogP contribution in [-0.4, -0.2) is 18.6 Å². The molecule has 3 atom stereocenters. The van der Waals surface area contributed by atoms with Gasteiger partial charge in [-0.1, -0.05) is 13.3 Å². The molecular formula is C11H20N2O. The van der Waals surface area contributed by atoms with Crippen molar-refractivity contribution in [2.75, 3.05) is 6.54 Å². The minimum atomic E-state index is 0.0319. The SMILES string of the molecule is CCCNC(=O)N[C@@H]1C[C@H]2CC[C@@H]1C2. The molecule has 0 aromatic heterocycles. The van der Waals surface area contributed by atoms with Gasteiger partial charge in [-0.15, -0.1) is 0 Å². The largest absolute Gasteiger partial charge is 0.338 e. The maximum absolute atomic E-state index is 11.4. The second-order valence-electron chi connectivity index (χ2n) is 4.68. The van der Waals surface area contributed by atoms with E-state index < -0.39 is 0 Å². The van der Waals surface area contributed by atoms with Crippen LogP contribution < -0.4 is 10.6 Å². The number of amides is 2. The predicted octanol–water partition coefficient (Wildman–Crippen LogP) is 1.88. The van der Waals surface area contributed by atoms with Crippen molar-refractivity contribution in [2.24, 2.45) is 11.8 Å². The van der Waals surface area contributed by atoms with Crippen molar-refractivity contribution in [3.05, 3.63) is 0 Å². The Labute approximate surface area is 85.6 Å². The zero-order valence-corrected chi connectivity index (χ0v) is 8.88. The van der Waals surface area contributed by atoms with Gasteiger partial charge in [0.05, 0.1) is 0 Å². The quantitative estimate of drug-likeness (QED) is 0.711. The summed E-state index contributed by atoms with van der Waals surface area (Å²) in [6.07, 6.45) is 6.27. The summed E-state index contributed by atoms with van der Waals surface area (Å²) in [5, 5.41) is 5.96. The Bertz CT molecular complexity index is 217. The Morgan fingerprint density at radius 2 is 2.21 bits per heavy atom. The first-order chi connectivity index (χ1) is 6.79. The maximum atomic E-state index is 11.4. The van der Waals surface area contributed by atoms with Crippen molar-refractivity contribution in [1.29, 1.82) is 0 Å². The molecule has 2 saturated carbocycles. The average molecular weight is 196 g/mol. The van der Waals surface area contributed by atoms with Crippen molar-refractivity contribution < 1.29 is 4.79 Å². The van der Waals surface area contributed by atoms with Gasteiger partial charge in [-0.3, -0.25) is 0 Å². The third-order valence-corrected chi connectivity index (χ3v) is 3.59. The zero-order chi connectivity index (χ0) is 9.97. The Kier molecular flexibility index (Phi) is 2.94. The Morgan fingerprint density at radius 3 is 2.79 bits per heavy atom. The molecule has 80 valence electrons. The van der Waals surface area contributed by atoms with Gasteiger partial charge in [0.15, 0.2) is 0 Å². The Hall–Kier alpha value is -0.730. The summed E-state index contributed by atoms with van der Waals surface area (Å²) in [6.45, 7) is 2.85. The lowest BCUT2D eigenvalue weighted by molar-refractivity contribution is 0.230. The minimum Gasteiger partial charge on any atom is -0.338 e. The number of carbonyl (C=O) groups is 1. The van der Waals surface area contributed by atoms with Gasteiger partial charge in [0.1, 0.15) is 0 Å². The summed E-state index contributed by atoms with van der Waals surface area (Å²) < 4.78 is 0. The molecule has 0 unspecified atom stereocenters. The smallest absolute Gasteiger partial charge is 0.315 e. The number of hydrogen-bond acceptors (Lipinski definition) is 1. The average Bonchev–Trinajstić information content (AvgIpc) is 2.76. The van der Waals surface area contributed by atoms with E-state index >= 15 is 0 Å². The van der Waals surface area contributed by atoms with E-state index in [-0.39, 0.29) is 6.03 Å². The van der Waals surface area contributed by atoms with Crippen molar-refractivity contribution in [2.45, 2.75) is 45.1 Å². The van der Waals surface area contributed by atoms with Crippen LogP contribution in [0.4, 0.5) is 4.79 Å². The molecule has 0 aliphatic heterocycles. The lowest BCUT2D eigenvalue weighted by atomic mass is 9.95. The van der Waals surface area contributed by atoms with E-state index in [1.165, 1.54) is 25.7 Å². The van der Waals surface area contributed by atoms with E-state index in [1.54, 1.807) is 0 Å². The van der Waals surface area contributed by atoms with E-state index in [2.05, 4.69) is 17.6 Å². The molecular weight excluding hydrogens is 176 g/mol. The molecule has 2 rings (SSSR count). The fourth-order valence-corrected chi connectivity index (χ4v) is 2.88. The minimum absolute atomic E-state index is 0.0319. The first kappa shape index (κ1) is 9.81. The highest BCUT2D eigenvalue weighted by molar-refractivity contribution is 5.74. The van der Waals surface area contributed by atoms with Crippen molar-refractivity contribution in [3.8, 4) is 0 Å². The molecule has 14 heavy (non-hydrogen) atoms. The van der Waals surface area contributed by atoms with Crippen LogP contribution in [-0.2, 0) is 0 Å². The van der Waals surface area contributed by atoms with Crippen LogP contribution in [0, 0.1) is 11.8 Å². The van der Waals surface area contributed by atoms with Gasteiger partial charge >= 0.3 is 6.03 Å². The molecule has 2 bridgehead atoms. The third-order valence-electron chi connectivity index (χ3n) is 3.59. The molecule has 0 spiro atoms. The van der Waals surface area contributed by atoms with E-state index in [4.69, 9.17) is 0 Å². The highest BCUT2D eigenvalue weighted by Crippen LogP contribution is 2.44. The Balaban J connectivity index is 1.73. The normalized spacial score (nSPS) is 34.5. The van der Waals surface area contributed by atoms with Crippen LogP contribution in [0.25, 0.3) is 0 Å². The lowest BCUT2D eigenvalue weighted by Gasteiger charge is -2.22. The standard InChI is InChI=1S/C11H20N2O/c1-2-5-12-11(14)13-10-7-8-3-4-9(10)6-8/h8-10H,2-7H2,1H3,(H2,12,13,14)/t8-,9+,10+/m0/s1. The molecule has 0 saturated heterocycles. The predicted molar refractivity (Wildman–Crippen MR) is 56.1 cm³/mol. The summed E-state index contributed by atoms with van der Waals surface area (Å²) >= 11 is 0. The van der Waals surface area contributed by atoms with Gasteiger partial charge in [-0.2, -0.15) is 0 Å². The molecule has 2 aliphatic rings. The Morgan fingerprint density at radius 1 is 1.36 bits per heavy atom. The summed E-state index contributed by atoms with van der Waals surface area (Å²) in [5.74, 6) is 1.67. The van der Waals surface area contributed by atoms with E-state index in [1.807, 2.05) is 0 Å². The van der Waals surface area contributed by atoms with Crippen LogP contribution in [0.3, 0.4) is 0 Å². The monoisotopic (exact) mass is 196 g/mol. The van der Waals surface area contributed by atoms with Gasteiger partial charge < -0.3 is 10.6 Å². The highest BCUT2D eigenvalue weighted by Gasteiger charge is 2.39. The van der Waals surface area contributed by atoms with Crippen molar-refractivity contribution >= 4 is 6.03 Å². The summed E-state index contributed by atoms with van der Waals surface area (Å²) in [6, 6.07) is 0.495. The van der Waals surface area contributed by atoms with Gasteiger partial charge in [-0.25, -0.2) is 4.79 Å². The molecule has 3 nitrogen and oxygen atoms in total. The number of hydrogen-bond donors (Lipinski definition) is 2. The molecule has 0 radical (unpaired) electrons. The van der Waals surface area contributed by atoms with Crippen molar-refractivity contribution in [3.63, 3.8) is 0 Å². The number of rotatable bonds is 3. The fraction of sp³-hybridized carbons (Fsp3) is 0.909. The first-order valence-electron chi connectivity index (χ1n) is 5.84. The van der Waals surface area contributed by atoms with Crippen LogP contribution in [0.2, 0.25) is 0 Å². The summed E-state index contributed by atoms with van der Waals surface area (Å²) in [7, 11) is 0. The molecule has 2 N–H and O–H groups in total. The molecule has 2 fully saturated rings. The number of nitrogens with one attached hydrogen (secondary N) is 2. The number of urea groups is 1. The topological polar surface area (TPSA) is 41.1 Å². The maximum Gasteiger partial charge on any atom is 0.315 e.